The zero-order chi connectivity index (χ0) is 8.15. The standard InChI is InChI=1S/C6H13O4/c1-2-4(8)6(10)5(9)3-7/h4-10H,1-3H2/t4-,5-,6-/m1/s1. The van der Waals surface area contributed by atoms with Crippen molar-refractivity contribution in [1.29, 1.82) is 0 Å². The summed E-state index contributed by atoms with van der Waals surface area (Å²) in [6, 6.07) is 0. The van der Waals surface area contributed by atoms with E-state index in [1.54, 1.807) is 0 Å². The molecule has 0 unspecified atom stereocenters. The molecule has 0 aliphatic carbocycles. The minimum atomic E-state index is -1.30. The Balaban J connectivity index is 3.69. The van der Waals surface area contributed by atoms with E-state index in [2.05, 4.69) is 6.92 Å². The van der Waals surface area contributed by atoms with Crippen molar-refractivity contribution in [3.8, 4) is 0 Å². The molecule has 0 heterocycles. The fraction of sp³-hybridized carbons (Fsp3) is 0.833. The molecule has 0 fully saturated rings. The van der Waals surface area contributed by atoms with Crippen LogP contribution in [0.15, 0.2) is 0 Å². The van der Waals surface area contributed by atoms with E-state index in [4.69, 9.17) is 20.4 Å². The smallest absolute Gasteiger partial charge is 0.108 e. The van der Waals surface area contributed by atoms with Gasteiger partial charge in [-0.1, -0.05) is 6.92 Å². The lowest BCUT2D eigenvalue weighted by atomic mass is 10.1. The topological polar surface area (TPSA) is 80.9 Å². The molecule has 61 valence electrons. The van der Waals surface area contributed by atoms with Gasteiger partial charge in [-0.2, -0.15) is 0 Å². The second-order valence-corrected chi connectivity index (χ2v) is 2.10. The Hall–Kier alpha value is -0.160. The molecule has 1 radical (unpaired) electrons. The van der Waals surface area contributed by atoms with Crippen LogP contribution in [0.25, 0.3) is 0 Å². The molecule has 4 N–H and O–H groups in total. The molecule has 0 spiro atoms. The molecule has 0 saturated heterocycles. The first-order chi connectivity index (χ1) is 4.63. The molecule has 0 aromatic rings. The minimum absolute atomic E-state index is 0.109. The predicted molar refractivity (Wildman–Crippen MR) is 35.1 cm³/mol. The molecule has 0 aliphatic heterocycles. The second-order valence-electron chi connectivity index (χ2n) is 2.10. The molecule has 0 amide bonds. The highest BCUT2D eigenvalue weighted by Gasteiger charge is 2.21. The van der Waals surface area contributed by atoms with Gasteiger partial charge in [0.25, 0.3) is 0 Å². The summed E-state index contributed by atoms with van der Waals surface area (Å²) in [5, 5.41) is 34.8. The van der Waals surface area contributed by atoms with Gasteiger partial charge in [0.1, 0.15) is 12.2 Å². The first-order valence-corrected chi connectivity index (χ1v) is 3.07. The van der Waals surface area contributed by atoms with E-state index in [9.17, 15) is 0 Å². The zero-order valence-electron chi connectivity index (χ0n) is 5.64. The Labute approximate surface area is 59.7 Å². The molecule has 0 bridgehead atoms. The summed E-state index contributed by atoms with van der Waals surface area (Å²) in [6.07, 6.45) is -3.54. The zero-order valence-corrected chi connectivity index (χ0v) is 5.64. The van der Waals surface area contributed by atoms with Gasteiger partial charge in [-0.25, -0.2) is 0 Å². The normalized spacial score (nSPS) is 20.1. The number of aliphatic hydroxyl groups excluding tert-OH is 4. The van der Waals surface area contributed by atoms with Gasteiger partial charge in [0.2, 0.25) is 0 Å². The summed E-state index contributed by atoms with van der Waals surface area (Å²) in [5.74, 6) is 0. The predicted octanol–water partition coefficient (Wildman–Crippen LogP) is -1.71. The Bertz CT molecular complexity index is 75.8. The monoisotopic (exact) mass is 149 g/mol. The van der Waals surface area contributed by atoms with Gasteiger partial charge in [0.15, 0.2) is 0 Å². The van der Waals surface area contributed by atoms with Gasteiger partial charge in [0.05, 0.1) is 12.7 Å². The van der Waals surface area contributed by atoms with Crippen LogP contribution in [0.1, 0.15) is 6.42 Å². The molecule has 4 heteroatoms. The molecule has 0 saturated carbocycles. The third kappa shape index (κ3) is 2.62. The van der Waals surface area contributed by atoms with E-state index in [0.717, 1.165) is 0 Å². The van der Waals surface area contributed by atoms with Gasteiger partial charge in [-0.15, -0.1) is 0 Å². The highest BCUT2D eigenvalue weighted by atomic mass is 16.4. The minimum Gasteiger partial charge on any atom is -0.394 e. The molecule has 3 atom stereocenters. The number of aliphatic hydroxyl groups is 4. The van der Waals surface area contributed by atoms with Crippen LogP contribution in [0.2, 0.25) is 0 Å². The van der Waals surface area contributed by atoms with Gasteiger partial charge >= 0.3 is 0 Å². The van der Waals surface area contributed by atoms with Crippen molar-refractivity contribution < 1.29 is 20.4 Å². The van der Waals surface area contributed by atoms with Gasteiger partial charge < -0.3 is 20.4 Å². The summed E-state index contributed by atoms with van der Waals surface area (Å²) < 4.78 is 0. The third-order valence-electron chi connectivity index (χ3n) is 1.27. The summed E-state index contributed by atoms with van der Waals surface area (Å²) >= 11 is 0. The highest BCUT2D eigenvalue weighted by Crippen LogP contribution is 2.02. The van der Waals surface area contributed by atoms with Crippen LogP contribution in [0.4, 0.5) is 0 Å². The maximum Gasteiger partial charge on any atom is 0.108 e. The second kappa shape index (κ2) is 4.62. The summed E-state index contributed by atoms with van der Waals surface area (Å²) in [6.45, 7) is 2.76. The van der Waals surface area contributed by atoms with Crippen molar-refractivity contribution in [3.05, 3.63) is 6.92 Å². The van der Waals surface area contributed by atoms with Crippen molar-refractivity contribution in [2.24, 2.45) is 0 Å². The van der Waals surface area contributed by atoms with Crippen LogP contribution >= 0.6 is 0 Å². The van der Waals surface area contributed by atoms with Crippen molar-refractivity contribution in [1.82, 2.24) is 0 Å². The van der Waals surface area contributed by atoms with Crippen LogP contribution in [-0.2, 0) is 0 Å². The first-order valence-electron chi connectivity index (χ1n) is 3.07. The maximum atomic E-state index is 8.89. The van der Waals surface area contributed by atoms with Crippen LogP contribution in [0, 0.1) is 6.92 Å². The largest absolute Gasteiger partial charge is 0.394 e. The van der Waals surface area contributed by atoms with Crippen molar-refractivity contribution in [3.63, 3.8) is 0 Å². The van der Waals surface area contributed by atoms with E-state index >= 15 is 0 Å². The number of rotatable bonds is 4. The molecule has 4 nitrogen and oxygen atoms in total. The average Bonchev–Trinajstić information content (AvgIpc) is 2.00. The Morgan fingerprint density at radius 1 is 1.10 bits per heavy atom. The maximum absolute atomic E-state index is 8.89. The molecule has 0 rings (SSSR count). The molecule has 0 aromatic heterocycles. The van der Waals surface area contributed by atoms with E-state index in [1.165, 1.54) is 0 Å². The molecule has 10 heavy (non-hydrogen) atoms. The van der Waals surface area contributed by atoms with Crippen molar-refractivity contribution in [2.45, 2.75) is 24.7 Å². The number of hydrogen-bond acceptors (Lipinski definition) is 4. The van der Waals surface area contributed by atoms with Crippen LogP contribution < -0.4 is 0 Å². The Kier molecular flexibility index (Phi) is 4.55. The molecule has 0 aliphatic rings. The summed E-state index contributed by atoms with van der Waals surface area (Å²) in [4.78, 5) is 0. The quantitative estimate of drug-likeness (QED) is 0.383. The van der Waals surface area contributed by atoms with Gasteiger partial charge in [-0.3, -0.25) is 0 Å². The van der Waals surface area contributed by atoms with E-state index < -0.39 is 24.9 Å². The molecule has 0 aromatic carbocycles. The molecular weight excluding hydrogens is 136 g/mol. The van der Waals surface area contributed by atoms with Gasteiger partial charge in [0, 0.05) is 0 Å². The fourth-order valence-electron chi connectivity index (χ4n) is 0.535. The SMILES string of the molecule is [CH2]C[C@@H](O)[C@@H](O)[C@H](O)CO. The Morgan fingerprint density at radius 3 is 1.90 bits per heavy atom. The van der Waals surface area contributed by atoms with Crippen molar-refractivity contribution >= 4 is 0 Å². The fourth-order valence-corrected chi connectivity index (χ4v) is 0.535. The van der Waals surface area contributed by atoms with Crippen LogP contribution in [-0.4, -0.2) is 45.3 Å². The van der Waals surface area contributed by atoms with Crippen molar-refractivity contribution in [2.75, 3.05) is 6.61 Å². The summed E-state index contributed by atoms with van der Waals surface area (Å²) in [7, 11) is 0. The van der Waals surface area contributed by atoms with E-state index in [1.807, 2.05) is 0 Å². The third-order valence-corrected chi connectivity index (χ3v) is 1.27. The van der Waals surface area contributed by atoms with Crippen LogP contribution in [0.5, 0.6) is 0 Å². The average molecular weight is 149 g/mol. The lowest BCUT2D eigenvalue weighted by Gasteiger charge is -2.19. The Morgan fingerprint density at radius 2 is 1.60 bits per heavy atom. The van der Waals surface area contributed by atoms with Crippen LogP contribution in [0.3, 0.4) is 0 Å². The lowest BCUT2D eigenvalue weighted by Crippen LogP contribution is -2.39. The van der Waals surface area contributed by atoms with E-state index in [-0.39, 0.29) is 6.42 Å². The lowest BCUT2D eigenvalue weighted by molar-refractivity contribution is -0.0749. The van der Waals surface area contributed by atoms with Gasteiger partial charge in [-0.05, 0) is 6.42 Å². The number of hydrogen-bond donors (Lipinski definition) is 4. The highest BCUT2D eigenvalue weighted by molar-refractivity contribution is 4.74. The van der Waals surface area contributed by atoms with E-state index in [0.29, 0.717) is 0 Å². The first kappa shape index (κ1) is 9.84. The summed E-state index contributed by atoms with van der Waals surface area (Å²) in [5.41, 5.74) is 0. The molecular formula is C6H13O4.